The van der Waals surface area contributed by atoms with Crippen molar-refractivity contribution >= 4 is 28.4 Å². The maximum absolute atomic E-state index is 12.7. The molecule has 0 saturated heterocycles. The fraction of sp³-hybridized carbons (Fsp3) is 0.158. The van der Waals surface area contributed by atoms with Crippen LogP contribution in [-0.4, -0.2) is 20.9 Å². The van der Waals surface area contributed by atoms with Crippen molar-refractivity contribution in [3.8, 4) is 0 Å². The van der Waals surface area contributed by atoms with Crippen molar-refractivity contribution in [2.24, 2.45) is 11.6 Å². The zero-order valence-electron chi connectivity index (χ0n) is 15.5. The van der Waals surface area contributed by atoms with Crippen LogP contribution in [0.2, 0.25) is 0 Å². The lowest BCUT2D eigenvalue weighted by Gasteiger charge is -2.17. The molecule has 0 aliphatic carbocycles. The first-order valence-corrected chi connectivity index (χ1v) is 8.74. The Morgan fingerprint density at radius 1 is 1.25 bits per heavy atom. The first-order valence-electron chi connectivity index (χ1n) is 8.74. The number of pyridine rings is 1. The maximum Gasteiger partial charge on any atom is 0.274 e. The number of nitrogens with one attached hydrogen (secondary N) is 1. The second kappa shape index (κ2) is 8.31. The number of para-hydroxylation sites is 1. The highest BCUT2D eigenvalue weighted by molar-refractivity contribution is 5.97. The molecule has 0 spiro atoms. The Labute approximate surface area is 162 Å². The molecule has 9 nitrogen and oxygen atoms in total. The van der Waals surface area contributed by atoms with Gasteiger partial charge in [0.25, 0.3) is 5.91 Å². The predicted molar refractivity (Wildman–Crippen MR) is 109 cm³/mol. The second-order valence-corrected chi connectivity index (χ2v) is 6.01. The van der Waals surface area contributed by atoms with Crippen molar-refractivity contribution in [3.05, 3.63) is 65.9 Å². The van der Waals surface area contributed by atoms with E-state index < -0.39 is 5.91 Å². The molecular formula is C19H22N8O. The number of carbonyl (C=O) groups excluding carboxylic acids is 1. The Bertz CT molecular complexity index is 1030. The summed E-state index contributed by atoms with van der Waals surface area (Å²) in [6, 6.07) is 9.64. The highest BCUT2D eigenvalue weighted by Crippen LogP contribution is 2.20. The summed E-state index contributed by atoms with van der Waals surface area (Å²) >= 11 is 0. The summed E-state index contributed by atoms with van der Waals surface area (Å²) in [5, 5.41) is 5.05. The molecule has 2 aromatic heterocycles. The zero-order chi connectivity index (χ0) is 20.1. The number of amides is 1. The van der Waals surface area contributed by atoms with E-state index in [0.29, 0.717) is 17.9 Å². The van der Waals surface area contributed by atoms with Crippen molar-refractivity contribution in [3.63, 3.8) is 0 Å². The topological polar surface area (TPSA) is 149 Å². The number of hydrazine groups is 1. The zero-order valence-corrected chi connectivity index (χ0v) is 15.5. The van der Waals surface area contributed by atoms with Crippen molar-refractivity contribution in [1.82, 2.24) is 20.3 Å². The van der Waals surface area contributed by atoms with Gasteiger partial charge in [-0.1, -0.05) is 31.2 Å². The molecular weight excluding hydrogens is 356 g/mol. The first kappa shape index (κ1) is 19.1. The third kappa shape index (κ3) is 3.84. The van der Waals surface area contributed by atoms with Crippen LogP contribution in [0.3, 0.4) is 0 Å². The molecule has 0 aliphatic heterocycles. The number of nitrogens with two attached hydrogens (primary N) is 3. The van der Waals surface area contributed by atoms with Gasteiger partial charge in [-0.05, 0) is 18.1 Å². The number of fused-ring (bicyclic) bond motifs is 1. The number of aryl methyl sites for hydroxylation is 1. The van der Waals surface area contributed by atoms with E-state index in [0.717, 1.165) is 16.5 Å². The van der Waals surface area contributed by atoms with E-state index in [1.165, 1.54) is 17.4 Å². The summed E-state index contributed by atoms with van der Waals surface area (Å²) in [5.41, 5.74) is 13.6. The van der Waals surface area contributed by atoms with E-state index in [-0.39, 0.29) is 18.1 Å². The van der Waals surface area contributed by atoms with E-state index in [4.69, 9.17) is 17.3 Å². The van der Waals surface area contributed by atoms with Crippen LogP contribution >= 0.6 is 0 Å². The third-order valence-corrected chi connectivity index (χ3v) is 4.17. The minimum absolute atomic E-state index is 0.0124. The van der Waals surface area contributed by atoms with Gasteiger partial charge < -0.3 is 16.8 Å². The third-order valence-electron chi connectivity index (χ3n) is 4.17. The molecule has 0 fully saturated rings. The monoisotopic (exact) mass is 378 g/mol. The number of rotatable bonds is 6. The van der Waals surface area contributed by atoms with Crippen molar-refractivity contribution in [2.45, 2.75) is 19.9 Å². The van der Waals surface area contributed by atoms with Crippen LogP contribution in [0, 0.1) is 0 Å². The normalized spacial score (nSPS) is 11.1. The molecule has 0 atom stereocenters. The molecule has 7 N–H and O–H groups in total. The summed E-state index contributed by atoms with van der Waals surface area (Å²) in [6.07, 6.45) is 4.94. The standard InChI is InChI=1S/C19H22N8O/c1-2-14-18(27(22)10-8-20)26-17(21)16(25-14)19(28)24-11-13-6-3-5-12-7-4-9-23-15(12)13/h3-10H,2,11,20,22H2,1H3,(H2,21,26)(H,24,28)/b10-8-. The van der Waals surface area contributed by atoms with E-state index in [1.54, 1.807) is 6.20 Å². The summed E-state index contributed by atoms with van der Waals surface area (Å²) < 4.78 is 0. The van der Waals surface area contributed by atoms with Gasteiger partial charge in [0.15, 0.2) is 17.3 Å². The van der Waals surface area contributed by atoms with Crippen LogP contribution in [0.4, 0.5) is 11.6 Å². The van der Waals surface area contributed by atoms with Gasteiger partial charge in [-0.2, -0.15) is 0 Å². The number of hydrogen-bond donors (Lipinski definition) is 4. The molecule has 0 saturated carbocycles. The quantitative estimate of drug-likeness (QED) is 0.369. The van der Waals surface area contributed by atoms with E-state index in [9.17, 15) is 4.79 Å². The molecule has 2 heterocycles. The average Bonchev–Trinajstić information content (AvgIpc) is 2.71. The molecule has 3 rings (SSSR count). The molecule has 144 valence electrons. The lowest BCUT2D eigenvalue weighted by atomic mass is 10.1. The Morgan fingerprint density at radius 2 is 2.04 bits per heavy atom. The predicted octanol–water partition coefficient (Wildman–Crippen LogP) is 1.21. The number of nitrogen functional groups attached to an aromatic ring is 1. The summed E-state index contributed by atoms with van der Waals surface area (Å²) in [4.78, 5) is 25.6. The molecule has 9 heteroatoms. The minimum atomic E-state index is -0.419. The largest absolute Gasteiger partial charge is 0.403 e. The Hall–Kier alpha value is -3.72. The second-order valence-electron chi connectivity index (χ2n) is 6.01. The molecule has 0 aliphatic rings. The molecule has 0 unspecified atom stereocenters. The molecule has 1 amide bonds. The fourth-order valence-corrected chi connectivity index (χ4v) is 2.82. The molecule has 0 radical (unpaired) electrons. The minimum Gasteiger partial charge on any atom is -0.403 e. The SMILES string of the molecule is CCc1nc(C(=O)NCc2cccc3cccnc23)c(N)nc1N(N)/C=C\N. The number of benzene rings is 1. The molecule has 28 heavy (non-hydrogen) atoms. The highest BCUT2D eigenvalue weighted by Gasteiger charge is 2.19. The van der Waals surface area contributed by atoms with Crippen LogP contribution in [0.15, 0.2) is 48.9 Å². The van der Waals surface area contributed by atoms with Crippen molar-refractivity contribution in [2.75, 3.05) is 10.7 Å². The Morgan fingerprint density at radius 3 is 2.79 bits per heavy atom. The van der Waals surface area contributed by atoms with E-state index in [2.05, 4.69) is 20.3 Å². The van der Waals surface area contributed by atoms with Crippen LogP contribution < -0.4 is 27.6 Å². The number of hydrogen-bond acceptors (Lipinski definition) is 8. The summed E-state index contributed by atoms with van der Waals surface area (Å²) in [5.74, 6) is 5.78. The molecule has 3 aromatic rings. The average molecular weight is 378 g/mol. The maximum atomic E-state index is 12.7. The van der Waals surface area contributed by atoms with Gasteiger partial charge in [0, 0.05) is 30.5 Å². The van der Waals surface area contributed by atoms with Gasteiger partial charge in [0.2, 0.25) is 0 Å². The van der Waals surface area contributed by atoms with E-state index >= 15 is 0 Å². The first-order chi connectivity index (χ1) is 13.5. The van der Waals surface area contributed by atoms with Crippen LogP contribution in [0.5, 0.6) is 0 Å². The van der Waals surface area contributed by atoms with Crippen LogP contribution in [0.25, 0.3) is 10.9 Å². The molecule has 1 aromatic carbocycles. The summed E-state index contributed by atoms with van der Waals surface area (Å²) in [6.45, 7) is 2.17. The number of carbonyl (C=O) groups is 1. The highest BCUT2D eigenvalue weighted by atomic mass is 16.1. The summed E-state index contributed by atoms with van der Waals surface area (Å²) in [7, 11) is 0. The van der Waals surface area contributed by atoms with Gasteiger partial charge >= 0.3 is 0 Å². The van der Waals surface area contributed by atoms with Crippen molar-refractivity contribution < 1.29 is 4.79 Å². The van der Waals surface area contributed by atoms with Crippen LogP contribution in [-0.2, 0) is 13.0 Å². The fourth-order valence-electron chi connectivity index (χ4n) is 2.82. The number of anilines is 2. The lowest BCUT2D eigenvalue weighted by Crippen LogP contribution is -2.30. The van der Waals surface area contributed by atoms with Gasteiger partial charge in [-0.25, -0.2) is 15.8 Å². The number of nitrogens with zero attached hydrogens (tertiary/aromatic N) is 4. The van der Waals surface area contributed by atoms with Gasteiger partial charge in [-0.15, -0.1) is 0 Å². The lowest BCUT2D eigenvalue weighted by molar-refractivity contribution is 0.0946. The smallest absolute Gasteiger partial charge is 0.274 e. The van der Waals surface area contributed by atoms with E-state index in [1.807, 2.05) is 37.3 Å². The molecule has 0 bridgehead atoms. The number of aromatic nitrogens is 3. The van der Waals surface area contributed by atoms with Gasteiger partial charge in [0.05, 0.1) is 11.2 Å². The van der Waals surface area contributed by atoms with Gasteiger partial charge in [0.1, 0.15) is 0 Å². The van der Waals surface area contributed by atoms with Gasteiger partial charge in [-0.3, -0.25) is 14.8 Å². The van der Waals surface area contributed by atoms with Crippen molar-refractivity contribution in [1.29, 1.82) is 0 Å². The Balaban J connectivity index is 1.84. The Kier molecular flexibility index (Phi) is 5.66. The van der Waals surface area contributed by atoms with Crippen LogP contribution in [0.1, 0.15) is 28.7 Å².